The second kappa shape index (κ2) is 10.3. The topological polar surface area (TPSA) is 15.3 Å². The van der Waals surface area contributed by atoms with Gasteiger partial charge < -0.3 is 10.2 Å². The lowest BCUT2D eigenvalue weighted by Crippen LogP contribution is -2.50. The van der Waals surface area contributed by atoms with E-state index in [1.54, 1.807) is 0 Å². The summed E-state index contributed by atoms with van der Waals surface area (Å²) < 4.78 is 0. The number of nitrogens with zero attached hydrogens (tertiary/aromatic N) is 1. The third kappa shape index (κ3) is 5.24. The molecule has 2 nitrogen and oxygen atoms in total. The van der Waals surface area contributed by atoms with Gasteiger partial charge in [0.25, 0.3) is 0 Å². The van der Waals surface area contributed by atoms with Gasteiger partial charge in [-0.15, -0.1) is 24.8 Å². The van der Waals surface area contributed by atoms with Crippen molar-refractivity contribution in [3.8, 4) is 0 Å². The molecule has 110 valence electrons. The number of fused-ring (bicyclic) bond motifs is 1. The molecule has 2 aliphatic rings. The number of hydrogen-bond acceptors (Lipinski definition) is 2. The molecule has 2 fully saturated rings. The Morgan fingerprint density at radius 1 is 1.06 bits per heavy atom. The molecule has 2 saturated heterocycles. The van der Waals surface area contributed by atoms with E-state index in [0.717, 1.165) is 12.0 Å². The summed E-state index contributed by atoms with van der Waals surface area (Å²) in [6.07, 6.45) is 9.89. The molecule has 0 spiro atoms. The molecule has 2 atom stereocenters. The van der Waals surface area contributed by atoms with Crippen molar-refractivity contribution in [2.45, 2.75) is 57.9 Å². The number of unbranched alkanes of at least 4 members (excludes halogenated alkanes) is 1. The van der Waals surface area contributed by atoms with Crippen LogP contribution in [0.4, 0.5) is 0 Å². The van der Waals surface area contributed by atoms with Gasteiger partial charge in [-0.1, -0.05) is 19.8 Å². The van der Waals surface area contributed by atoms with Crippen LogP contribution in [0, 0.1) is 5.92 Å². The summed E-state index contributed by atoms with van der Waals surface area (Å²) in [5.74, 6) is 0.936. The van der Waals surface area contributed by atoms with Crippen LogP contribution < -0.4 is 5.32 Å². The highest BCUT2D eigenvalue weighted by Gasteiger charge is 2.32. The molecular weight excluding hydrogens is 267 g/mol. The maximum atomic E-state index is 3.66. The molecule has 4 heteroatoms. The van der Waals surface area contributed by atoms with Crippen molar-refractivity contribution in [1.82, 2.24) is 10.2 Å². The summed E-state index contributed by atoms with van der Waals surface area (Å²) in [7, 11) is 0. The van der Waals surface area contributed by atoms with Crippen molar-refractivity contribution in [3.63, 3.8) is 0 Å². The zero-order chi connectivity index (χ0) is 11.2. The molecule has 0 aromatic carbocycles. The van der Waals surface area contributed by atoms with Crippen molar-refractivity contribution in [2.24, 2.45) is 5.92 Å². The predicted molar refractivity (Wildman–Crippen MR) is 84.2 cm³/mol. The van der Waals surface area contributed by atoms with Crippen LogP contribution in [-0.4, -0.2) is 37.1 Å². The highest BCUT2D eigenvalue weighted by molar-refractivity contribution is 5.85. The highest BCUT2D eigenvalue weighted by Crippen LogP contribution is 2.30. The fourth-order valence-corrected chi connectivity index (χ4v) is 3.40. The zero-order valence-electron chi connectivity index (χ0n) is 11.7. The number of nitrogens with one attached hydrogen (secondary N) is 1. The monoisotopic (exact) mass is 296 g/mol. The molecule has 0 aliphatic carbocycles. The molecule has 0 bridgehead atoms. The Kier molecular flexibility index (Phi) is 10.6. The Balaban J connectivity index is 0.00000144. The van der Waals surface area contributed by atoms with Gasteiger partial charge >= 0.3 is 0 Å². The van der Waals surface area contributed by atoms with Gasteiger partial charge in [0.2, 0.25) is 0 Å². The van der Waals surface area contributed by atoms with Crippen LogP contribution in [0.25, 0.3) is 0 Å². The SMILES string of the molecule is CCCCNC[C@@H]1CCCN2CCCC[C@H]12.Cl.Cl. The minimum atomic E-state index is 0. The highest BCUT2D eigenvalue weighted by atomic mass is 35.5. The Morgan fingerprint density at radius 2 is 1.83 bits per heavy atom. The maximum absolute atomic E-state index is 3.66. The summed E-state index contributed by atoms with van der Waals surface area (Å²) in [4.78, 5) is 2.76. The molecular formula is C14H30Cl2N2. The van der Waals surface area contributed by atoms with Crippen LogP contribution in [0.1, 0.15) is 51.9 Å². The maximum Gasteiger partial charge on any atom is 0.0136 e. The fourth-order valence-electron chi connectivity index (χ4n) is 3.40. The first-order valence-electron chi connectivity index (χ1n) is 7.36. The normalized spacial score (nSPS) is 27.8. The van der Waals surface area contributed by atoms with Crippen LogP contribution >= 0.6 is 24.8 Å². The van der Waals surface area contributed by atoms with Crippen molar-refractivity contribution in [3.05, 3.63) is 0 Å². The van der Waals surface area contributed by atoms with E-state index in [9.17, 15) is 0 Å². The van der Waals surface area contributed by atoms with E-state index in [1.807, 2.05) is 0 Å². The average molecular weight is 297 g/mol. The summed E-state index contributed by atoms with van der Waals surface area (Å²) in [5, 5.41) is 3.66. The first-order chi connectivity index (χ1) is 7.92. The Labute approximate surface area is 125 Å². The van der Waals surface area contributed by atoms with Crippen LogP contribution in [0.3, 0.4) is 0 Å². The van der Waals surface area contributed by atoms with Crippen molar-refractivity contribution < 1.29 is 0 Å². The third-order valence-corrected chi connectivity index (χ3v) is 4.34. The largest absolute Gasteiger partial charge is 0.316 e. The lowest BCUT2D eigenvalue weighted by atomic mass is 9.83. The molecule has 0 aromatic rings. The van der Waals surface area contributed by atoms with Crippen LogP contribution in [0.15, 0.2) is 0 Å². The van der Waals surface area contributed by atoms with Gasteiger partial charge in [0.05, 0.1) is 0 Å². The number of hydrogen-bond donors (Lipinski definition) is 1. The minimum Gasteiger partial charge on any atom is -0.316 e. The smallest absolute Gasteiger partial charge is 0.0136 e. The zero-order valence-corrected chi connectivity index (χ0v) is 13.3. The lowest BCUT2D eigenvalue weighted by molar-refractivity contribution is 0.0595. The Hall–Kier alpha value is 0.500. The van der Waals surface area contributed by atoms with E-state index >= 15 is 0 Å². The number of piperidine rings is 2. The van der Waals surface area contributed by atoms with Crippen molar-refractivity contribution in [1.29, 1.82) is 0 Å². The molecule has 2 rings (SSSR count). The second-order valence-corrected chi connectivity index (χ2v) is 5.56. The average Bonchev–Trinajstić information content (AvgIpc) is 2.35. The van der Waals surface area contributed by atoms with Crippen LogP contribution in [0.2, 0.25) is 0 Å². The molecule has 2 aliphatic heterocycles. The third-order valence-electron chi connectivity index (χ3n) is 4.34. The molecule has 1 N–H and O–H groups in total. The Bertz CT molecular complexity index is 200. The number of halogens is 2. The summed E-state index contributed by atoms with van der Waals surface area (Å²) in [5.41, 5.74) is 0. The summed E-state index contributed by atoms with van der Waals surface area (Å²) >= 11 is 0. The second-order valence-electron chi connectivity index (χ2n) is 5.56. The number of rotatable bonds is 5. The van der Waals surface area contributed by atoms with Crippen LogP contribution in [-0.2, 0) is 0 Å². The molecule has 2 heterocycles. The summed E-state index contributed by atoms with van der Waals surface area (Å²) in [6, 6.07) is 0.914. The van der Waals surface area contributed by atoms with E-state index in [0.29, 0.717) is 0 Å². The summed E-state index contributed by atoms with van der Waals surface area (Å²) in [6.45, 7) is 7.50. The minimum absolute atomic E-state index is 0. The predicted octanol–water partition coefficient (Wildman–Crippen LogP) is 3.48. The molecule has 0 unspecified atom stereocenters. The van der Waals surface area contributed by atoms with Crippen LogP contribution in [0.5, 0.6) is 0 Å². The van der Waals surface area contributed by atoms with Gasteiger partial charge in [0.1, 0.15) is 0 Å². The lowest BCUT2D eigenvalue weighted by Gasteiger charge is -2.44. The van der Waals surface area contributed by atoms with Crippen molar-refractivity contribution in [2.75, 3.05) is 26.2 Å². The van der Waals surface area contributed by atoms with Gasteiger partial charge in [-0.25, -0.2) is 0 Å². The van der Waals surface area contributed by atoms with Gasteiger partial charge in [-0.3, -0.25) is 0 Å². The van der Waals surface area contributed by atoms with Gasteiger partial charge in [0.15, 0.2) is 0 Å². The van der Waals surface area contributed by atoms with E-state index in [2.05, 4.69) is 17.1 Å². The van der Waals surface area contributed by atoms with E-state index in [4.69, 9.17) is 0 Å². The first-order valence-corrected chi connectivity index (χ1v) is 7.36. The van der Waals surface area contributed by atoms with Gasteiger partial charge in [0, 0.05) is 6.04 Å². The quantitative estimate of drug-likeness (QED) is 0.782. The van der Waals surface area contributed by atoms with E-state index in [-0.39, 0.29) is 24.8 Å². The molecule has 0 amide bonds. The van der Waals surface area contributed by atoms with E-state index in [1.165, 1.54) is 71.1 Å². The standard InChI is InChI=1S/C14H28N2.2ClH/c1-2-3-9-15-12-13-7-6-11-16-10-5-4-8-14(13)16;;/h13-15H,2-12H2,1H3;2*1H/t13-,14+;;/m0../s1. The van der Waals surface area contributed by atoms with Crippen molar-refractivity contribution >= 4 is 24.8 Å². The molecule has 0 aromatic heterocycles. The van der Waals surface area contributed by atoms with Gasteiger partial charge in [-0.2, -0.15) is 0 Å². The molecule has 0 saturated carbocycles. The molecule has 18 heavy (non-hydrogen) atoms. The van der Waals surface area contributed by atoms with Gasteiger partial charge in [-0.05, 0) is 64.2 Å². The Morgan fingerprint density at radius 3 is 2.61 bits per heavy atom. The molecule has 0 radical (unpaired) electrons. The van der Waals surface area contributed by atoms with E-state index < -0.39 is 0 Å². The fraction of sp³-hybridized carbons (Fsp3) is 1.00. The first kappa shape index (κ1) is 18.5.